The summed E-state index contributed by atoms with van der Waals surface area (Å²) in [5.74, 6) is 0.813. The molecule has 17 heavy (non-hydrogen) atoms. The van der Waals surface area contributed by atoms with E-state index < -0.39 is 0 Å². The number of rotatable bonds is 13. The third kappa shape index (κ3) is 11.9. The molecule has 1 nitrogen and oxygen atoms in total. The number of unbranched alkanes of at least 4 members (excludes halogenated alkanes) is 6. The summed E-state index contributed by atoms with van der Waals surface area (Å²) >= 11 is 0. The molecule has 0 bridgehead atoms. The van der Waals surface area contributed by atoms with Crippen molar-refractivity contribution in [1.82, 2.24) is 0 Å². The van der Waals surface area contributed by atoms with Gasteiger partial charge in [-0.1, -0.05) is 78.1 Å². The minimum Gasteiger partial charge on any atom is -0.303 e. The van der Waals surface area contributed by atoms with Crippen LogP contribution in [0.4, 0.5) is 0 Å². The number of aldehydes is 1. The summed E-state index contributed by atoms with van der Waals surface area (Å²) in [6.07, 6.45) is 16.5. The third-order valence-corrected chi connectivity index (χ3v) is 3.62. The summed E-state index contributed by atoms with van der Waals surface area (Å²) in [5.41, 5.74) is 0. The first-order valence-electron chi connectivity index (χ1n) is 7.78. The number of hydrogen-bond acceptors (Lipinski definition) is 1. The highest BCUT2D eigenvalue weighted by Gasteiger charge is 2.07. The van der Waals surface area contributed by atoms with Crippen molar-refractivity contribution in [1.29, 1.82) is 0 Å². The van der Waals surface area contributed by atoms with E-state index in [-0.39, 0.29) is 0 Å². The lowest BCUT2D eigenvalue weighted by atomic mass is 9.91. The summed E-state index contributed by atoms with van der Waals surface area (Å²) in [7, 11) is 0. The summed E-state index contributed by atoms with van der Waals surface area (Å²) in [5, 5.41) is 0. The maximum Gasteiger partial charge on any atom is 0.120 e. The van der Waals surface area contributed by atoms with Gasteiger partial charge >= 0.3 is 0 Å². The van der Waals surface area contributed by atoms with Crippen molar-refractivity contribution >= 4 is 6.29 Å². The van der Waals surface area contributed by atoms with E-state index >= 15 is 0 Å². The molecule has 0 rings (SSSR count). The fourth-order valence-corrected chi connectivity index (χ4v) is 2.46. The Morgan fingerprint density at radius 1 is 0.765 bits per heavy atom. The number of hydrogen-bond donors (Lipinski definition) is 0. The highest BCUT2D eigenvalue weighted by atomic mass is 16.1. The molecule has 0 saturated carbocycles. The first-order chi connectivity index (χ1) is 8.35. The second-order valence-electron chi connectivity index (χ2n) is 5.31. The lowest BCUT2D eigenvalue weighted by Gasteiger charge is -2.15. The van der Waals surface area contributed by atoms with Gasteiger partial charge in [-0.3, -0.25) is 0 Å². The Hall–Kier alpha value is -0.330. The molecular weight excluding hydrogens is 208 g/mol. The topological polar surface area (TPSA) is 17.1 Å². The smallest absolute Gasteiger partial charge is 0.120 e. The van der Waals surface area contributed by atoms with Gasteiger partial charge in [-0.15, -0.1) is 0 Å². The van der Waals surface area contributed by atoms with Crippen molar-refractivity contribution in [2.75, 3.05) is 0 Å². The Kier molecular flexibility index (Phi) is 13.5. The SMILES string of the molecule is CCCCCCCC(CCC=O)CCCCC. The van der Waals surface area contributed by atoms with Crippen molar-refractivity contribution in [3.63, 3.8) is 0 Å². The van der Waals surface area contributed by atoms with Crippen LogP contribution in [0.3, 0.4) is 0 Å². The van der Waals surface area contributed by atoms with Crippen LogP contribution < -0.4 is 0 Å². The molecule has 0 radical (unpaired) electrons. The molecule has 0 amide bonds. The van der Waals surface area contributed by atoms with E-state index in [1.54, 1.807) is 0 Å². The average Bonchev–Trinajstić information content (AvgIpc) is 2.35. The van der Waals surface area contributed by atoms with Gasteiger partial charge < -0.3 is 4.79 Å². The van der Waals surface area contributed by atoms with Crippen LogP contribution >= 0.6 is 0 Å². The summed E-state index contributed by atoms with van der Waals surface area (Å²) < 4.78 is 0. The molecule has 0 aromatic rings. The maximum absolute atomic E-state index is 10.5. The predicted octanol–water partition coefficient (Wildman–Crippen LogP) is 5.52. The lowest BCUT2D eigenvalue weighted by molar-refractivity contribution is -0.108. The summed E-state index contributed by atoms with van der Waals surface area (Å²) in [6, 6.07) is 0. The van der Waals surface area contributed by atoms with Crippen LogP contribution in [-0.2, 0) is 4.79 Å². The van der Waals surface area contributed by atoms with Crippen LogP contribution in [0.15, 0.2) is 0 Å². The van der Waals surface area contributed by atoms with E-state index in [4.69, 9.17) is 0 Å². The molecule has 0 aromatic heterocycles. The highest BCUT2D eigenvalue weighted by molar-refractivity contribution is 5.49. The van der Waals surface area contributed by atoms with Gasteiger partial charge in [-0.25, -0.2) is 0 Å². The zero-order valence-electron chi connectivity index (χ0n) is 12.0. The van der Waals surface area contributed by atoms with Gasteiger partial charge in [0.2, 0.25) is 0 Å². The Bertz CT molecular complexity index is 154. The van der Waals surface area contributed by atoms with Gasteiger partial charge in [-0.05, 0) is 12.3 Å². The molecule has 102 valence electrons. The van der Waals surface area contributed by atoms with Crippen molar-refractivity contribution in [2.45, 2.75) is 90.9 Å². The highest BCUT2D eigenvalue weighted by Crippen LogP contribution is 2.22. The molecule has 0 N–H and O–H groups in total. The zero-order valence-corrected chi connectivity index (χ0v) is 12.0. The maximum atomic E-state index is 10.5. The van der Waals surface area contributed by atoms with Crippen molar-refractivity contribution < 1.29 is 4.79 Å². The van der Waals surface area contributed by atoms with Gasteiger partial charge in [0, 0.05) is 6.42 Å². The van der Waals surface area contributed by atoms with Crippen molar-refractivity contribution in [2.24, 2.45) is 5.92 Å². The monoisotopic (exact) mass is 240 g/mol. The molecule has 0 heterocycles. The van der Waals surface area contributed by atoms with Crippen LogP contribution in [0.2, 0.25) is 0 Å². The quantitative estimate of drug-likeness (QED) is 0.306. The van der Waals surface area contributed by atoms with Gasteiger partial charge in [0.05, 0.1) is 0 Å². The molecule has 1 unspecified atom stereocenters. The standard InChI is InChI=1S/C16H32O/c1-3-5-7-8-10-13-16(14-11-15-17)12-9-6-4-2/h15-16H,3-14H2,1-2H3. The van der Waals surface area contributed by atoms with Crippen molar-refractivity contribution in [3.8, 4) is 0 Å². The largest absolute Gasteiger partial charge is 0.303 e. The van der Waals surface area contributed by atoms with E-state index in [0.29, 0.717) is 0 Å². The number of carbonyl (C=O) groups excluding carboxylic acids is 1. The molecule has 0 saturated heterocycles. The molecule has 0 aliphatic rings. The third-order valence-electron chi connectivity index (χ3n) is 3.62. The molecule has 0 aliphatic carbocycles. The first kappa shape index (κ1) is 16.7. The fourth-order valence-electron chi connectivity index (χ4n) is 2.46. The van der Waals surface area contributed by atoms with E-state index in [1.165, 1.54) is 64.2 Å². The van der Waals surface area contributed by atoms with Crippen LogP contribution in [0.1, 0.15) is 90.9 Å². The van der Waals surface area contributed by atoms with Gasteiger partial charge in [-0.2, -0.15) is 0 Å². The van der Waals surface area contributed by atoms with Crippen LogP contribution in [0.25, 0.3) is 0 Å². The Labute approximate surface area is 108 Å². The molecule has 1 heteroatoms. The Balaban J connectivity index is 3.56. The molecular formula is C16H32O. The van der Waals surface area contributed by atoms with E-state index in [0.717, 1.165) is 25.0 Å². The molecule has 0 spiro atoms. The Morgan fingerprint density at radius 2 is 1.29 bits per heavy atom. The first-order valence-corrected chi connectivity index (χ1v) is 7.78. The average molecular weight is 240 g/mol. The van der Waals surface area contributed by atoms with Gasteiger partial charge in [0.15, 0.2) is 0 Å². The Morgan fingerprint density at radius 3 is 1.88 bits per heavy atom. The summed E-state index contributed by atoms with van der Waals surface area (Å²) in [6.45, 7) is 4.52. The van der Waals surface area contributed by atoms with Gasteiger partial charge in [0.25, 0.3) is 0 Å². The number of carbonyl (C=O) groups is 1. The van der Waals surface area contributed by atoms with E-state index in [9.17, 15) is 4.79 Å². The van der Waals surface area contributed by atoms with Gasteiger partial charge in [0.1, 0.15) is 6.29 Å². The zero-order chi connectivity index (χ0) is 12.8. The fraction of sp³-hybridized carbons (Fsp3) is 0.938. The second kappa shape index (κ2) is 13.7. The minimum absolute atomic E-state index is 0.770. The second-order valence-corrected chi connectivity index (χ2v) is 5.31. The van der Waals surface area contributed by atoms with E-state index in [1.807, 2.05) is 0 Å². The molecule has 1 atom stereocenters. The van der Waals surface area contributed by atoms with Crippen LogP contribution in [-0.4, -0.2) is 6.29 Å². The molecule has 0 aliphatic heterocycles. The van der Waals surface area contributed by atoms with Crippen LogP contribution in [0, 0.1) is 5.92 Å². The normalized spacial score (nSPS) is 12.6. The van der Waals surface area contributed by atoms with Crippen LogP contribution in [0.5, 0.6) is 0 Å². The predicted molar refractivity (Wildman–Crippen MR) is 76.3 cm³/mol. The van der Waals surface area contributed by atoms with Crippen molar-refractivity contribution in [3.05, 3.63) is 0 Å². The minimum atomic E-state index is 0.770. The van der Waals surface area contributed by atoms with E-state index in [2.05, 4.69) is 13.8 Å². The lowest BCUT2D eigenvalue weighted by Crippen LogP contribution is -2.01. The summed E-state index contributed by atoms with van der Waals surface area (Å²) in [4.78, 5) is 10.5. The molecule has 0 aromatic carbocycles. The molecule has 0 fully saturated rings.